The average molecular weight is 249 g/mol. The van der Waals surface area contributed by atoms with Gasteiger partial charge in [-0.05, 0) is 62.1 Å². The van der Waals surface area contributed by atoms with Crippen LogP contribution in [-0.4, -0.2) is 0 Å². The maximum absolute atomic E-state index is 14.3. The van der Waals surface area contributed by atoms with E-state index in [-0.39, 0.29) is 5.82 Å². The molecule has 0 bridgehead atoms. The summed E-state index contributed by atoms with van der Waals surface area (Å²) in [6.45, 7) is 8.34. The molecule has 1 saturated carbocycles. The van der Waals surface area contributed by atoms with Crippen molar-refractivity contribution < 1.29 is 4.39 Å². The maximum atomic E-state index is 14.3. The zero-order chi connectivity index (χ0) is 13.5. The lowest BCUT2D eigenvalue weighted by atomic mass is 9.68. The highest BCUT2D eigenvalue weighted by atomic mass is 19.1. The van der Waals surface area contributed by atoms with Crippen molar-refractivity contribution in [2.45, 2.75) is 52.5 Å². The van der Waals surface area contributed by atoms with Crippen molar-refractivity contribution in [3.05, 3.63) is 34.6 Å². The van der Waals surface area contributed by atoms with Crippen LogP contribution in [0, 0.1) is 31.5 Å². The largest absolute Gasteiger partial charge is 0.321 e. The molecule has 2 unspecified atom stereocenters. The summed E-state index contributed by atoms with van der Waals surface area (Å²) in [7, 11) is 0. The Balaban J connectivity index is 2.47. The van der Waals surface area contributed by atoms with Crippen LogP contribution in [0.3, 0.4) is 0 Å². The van der Waals surface area contributed by atoms with E-state index in [9.17, 15) is 4.39 Å². The van der Waals surface area contributed by atoms with Gasteiger partial charge in [-0.15, -0.1) is 0 Å². The molecule has 0 amide bonds. The van der Waals surface area contributed by atoms with Crippen molar-refractivity contribution in [2.75, 3.05) is 0 Å². The highest BCUT2D eigenvalue weighted by Crippen LogP contribution is 2.42. The van der Waals surface area contributed by atoms with Crippen molar-refractivity contribution in [3.63, 3.8) is 0 Å². The lowest BCUT2D eigenvalue weighted by molar-refractivity contribution is 0.179. The van der Waals surface area contributed by atoms with Crippen LogP contribution in [0.1, 0.15) is 49.8 Å². The summed E-state index contributed by atoms with van der Waals surface area (Å²) in [6, 6.07) is 3.65. The van der Waals surface area contributed by atoms with Crippen molar-refractivity contribution in [1.29, 1.82) is 0 Å². The molecule has 1 aromatic rings. The van der Waals surface area contributed by atoms with Crippen molar-refractivity contribution in [1.82, 2.24) is 0 Å². The van der Waals surface area contributed by atoms with E-state index in [2.05, 4.69) is 13.8 Å². The molecule has 2 heteroatoms. The monoisotopic (exact) mass is 249 g/mol. The topological polar surface area (TPSA) is 26.0 Å². The van der Waals surface area contributed by atoms with Gasteiger partial charge in [-0.1, -0.05) is 19.9 Å². The minimum atomic E-state index is -0.487. The highest BCUT2D eigenvalue weighted by molar-refractivity contribution is 5.37. The van der Waals surface area contributed by atoms with Gasteiger partial charge in [-0.2, -0.15) is 0 Å². The van der Waals surface area contributed by atoms with Gasteiger partial charge in [0.15, 0.2) is 0 Å². The third kappa shape index (κ3) is 2.44. The van der Waals surface area contributed by atoms with Gasteiger partial charge in [-0.3, -0.25) is 0 Å². The predicted molar refractivity (Wildman–Crippen MR) is 73.9 cm³/mol. The quantitative estimate of drug-likeness (QED) is 0.798. The van der Waals surface area contributed by atoms with Crippen LogP contribution in [0.25, 0.3) is 0 Å². The minimum Gasteiger partial charge on any atom is -0.321 e. The molecule has 1 aliphatic carbocycles. The third-order valence-corrected chi connectivity index (χ3v) is 4.16. The molecule has 0 saturated heterocycles. The van der Waals surface area contributed by atoms with E-state index in [0.29, 0.717) is 11.8 Å². The molecular formula is C16H24FN. The Hall–Kier alpha value is -0.890. The Morgan fingerprint density at radius 1 is 1.17 bits per heavy atom. The number of aryl methyl sites for hydroxylation is 2. The second-order valence-corrected chi connectivity index (χ2v) is 6.45. The zero-order valence-corrected chi connectivity index (χ0v) is 11.9. The van der Waals surface area contributed by atoms with Gasteiger partial charge in [0.2, 0.25) is 0 Å². The Labute approximate surface area is 110 Å². The molecule has 1 fully saturated rings. The Kier molecular flexibility index (Phi) is 3.50. The van der Waals surface area contributed by atoms with Crippen molar-refractivity contribution in [2.24, 2.45) is 17.6 Å². The molecule has 18 heavy (non-hydrogen) atoms. The van der Waals surface area contributed by atoms with Crippen molar-refractivity contribution >= 4 is 0 Å². The molecular weight excluding hydrogens is 225 g/mol. The van der Waals surface area contributed by atoms with E-state index in [0.717, 1.165) is 29.5 Å². The van der Waals surface area contributed by atoms with Crippen LogP contribution < -0.4 is 5.73 Å². The molecule has 0 spiro atoms. The van der Waals surface area contributed by atoms with Crippen LogP contribution in [0.15, 0.2) is 12.1 Å². The number of hydrogen-bond acceptors (Lipinski definition) is 1. The molecule has 1 aliphatic rings. The van der Waals surface area contributed by atoms with Crippen LogP contribution in [0.5, 0.6) is 0 Å². The first-order chi connectivity index (χ1) is 8.32. The van der Waals surface area contributed by atoms with Gasteiger partial charge in [0.1, 0.15) is 5.82 Å². The Morgan fingerprint density at radius 2 is 1.72 bits per heavy atom. The summed E-state index contributed by atoms with van der Waals surface area (Å²) in [5.74, 6) is 1.01. The predicted octanol–water partition coefficient (Wildman–Crippen LogP) is 4.05. The SMILES string of the molecule is Cc1cc(C)c(C2(N)CC(C)CC(C)C2)c(F)c1. The fourth-order valence-electron chi connectivity index (χ4n) is 3.93. The molecule has 0 aromatic heterocycles. The lowest BCUT2D eigenvalue weighted by Crippen LogP contribution is -2.44. The summed E-state index contributed by atoms with van der Waals surface area (Å²) in [4.78, 5) is 0. The molecule has 0 aliphatic heterocycles. The average Bonchev–Trinajstić information content (AvgIpc) is 2.11. The normalized spacial score (nSPS) is 32.6. The third-order valence-electron chi connectivity index (χ3n) is 4.16. The van der Waals surface area contributed by atoms with Gasteiger partial charge < -0.3 is 5.73 Å². The van der Waals surface area contributed by atoms with Gasteiger partial charge in [0.25, 0.3) is 0 Å². The minimum absolute atomic E-state index is 0.128. The van der Waals surface area contributed by atoms with Gasteiger partial charge in [0.05, 0.1) is 0 Å². The number of nitrogens with two attached hydrogens (primary N) is 1. The number of hydrogen-bond donors (Lipinski definition) is 1. The van der Waals surface area contributed by atoms with Gasteiger partial charge in [0, 0.05) is 11.1 Å². The first kappa shape index (κ1) is 13.5. The first-order valence-corrected chi connectivity index (χ1v) is 6.88. The Bertz CT molecular complexity index is 419. The lowest BCUT2D eigenvalue weighted by Gasteiger charge is -2.41. The molecule has 0 radical (unpaired) electrons. The number of halogens is 1. The molecule has 2 rings (SSSR count). The maximum Gasteiger partial charge on any atom is 0.128 e. The van der Waals surface area contributed by atoms with E-state index >= 15 is 0 Å². The smallest absolute Gasteiger partial charge is 0.128 e. The highest BCUT2D eigenvalue weighted by Gasteiger charge is 2.38. The number of benzene rings is 1. The first-order valence-electron chi connectivity index (χ1n) is 6.88. The fourth-order valence-corrected chi connectivity index (χ4v) is 3.93. The second-order valence-electron chi connectivity index (χ2n) is 6.45. The van der Waals surface area contributed by atoms with Gasteiger partial charge >= 0.3 is 0 Å². The molecule has 1 nitrogen and oxygen atoms in total. The molecule has 0 heterocycles. The molecule has 2 atom stereocenters. The number of rotatable bonds is 1. The van der Waals surface area contributed by atoms with Gasteiger partial charge in [-0.25, -0.2) is 4.39 Å². The molecule has 1 aromatic carbocycles. The fraction of sp³-hybridized carbons (Fsp3) is 0.625. The second kappa shape index (κ2) is 4.65. The Morgan fingerprint density at radius 3 is 2.22 bits per heavy atom. The summed E-state index contributed by atoms with van der Waals surface area (Å²) in [5, 5.41) is 0. The van der Waals surface area contributed by atoms with E-state index in [1.807, 2.05) is 19.9 Å². The van der Waals surface area contributed by atoms with Crippen LogP contribution >= 0.6 is 0 Å². The van der Waals surface area contributed by atoms with E-state index in [1.165, 1.54) is 6.42 Å². The van der Waals surface area contributed by atoms with Crippen LogP contribution in [0.2, 0.25) is 0 Å². The van der Waals surface area contributed by atoms with E-state index in [4.69, 9.17) is 5.73 Å². The van der Waals surface area contributed by atoms with Crippen LogP contribution in [-0.2, 0) is 5.54 Å². The van der Waals surface area contributed by atoms with Crippen molar-refractivity contribution in [3.8, 4) is 0 Å². The molecule has 2 N–H and O–H groups in total. The van der Waals surface area contributed by atoms with E-state index < -0.39 is 5.54 Å². The zero-order valence-electron chi connectivity index (χ0n) is 11.9. The summed E-state index contributed by atoms with van der Waals surface area (Å²) in [5.41, 5.74) is 8.79. The standard InChI is InChI=1S/C16H24FN/c1-10-6-13(4)15(14(17)7-10)16(18)8-11(2)5-12(3)9-16/h6-7,11-12H,5,8-9,18H2,1-4H3. The van der Waals surface area contributed by atoms with Crippen LogP contribution in [0.4, 0.5) is 4.39 Å². The van der Waals surface area contributed by atoms with E-state index in [1.54, 1.807) is 6.07 Å². The summed E-state index contributed by atoms with van der Waals surface area (Å²) < 4.78 is 14.3. The molecule has 100 valence electrons. The summed E-state index contributed by atoms with van der Waals surface area (Å²) >= 11 is 0. The summed E-state index contributed by atoms with van der Waals surface area (Å²) in [6.07, 6.45) is 2.97.